The topological polar surface area (TPSA) is 88.7 Å². The molecule has 2 amide bonds. The van der Waals surface area contributed by atoms with Gasteiger partial charge in [0.2, 0.25) is 5.91 Å². The Morgan fingerprint density at radius 2 is 2.14 bits per heavy atom. The lowest BCUT2D eigenvalue weighted by atomic mass is 9.82. The minimum Gasteiger partial charge on any atom is -0.390 e. The van der Waals surface area contributed by atoms with E-state index in [2.05, 4.69) is 22.2 Å². The van der Waals surface area contributed by atoms with Crippen LogP contribution in [0.1, 0.15) is 62.5 Å². The van der Waals surface area contributed by atoms with Crippen molar-refractivity contribution >= 4 is 11.8 Å². The summed E-state index contributed by atoms with van der Waals surface area (Å²) in [6.07, 6.45) is 5.43. The second-order valence-electron chi connectivity index (χ2n) is 8.98. The van der Waals surface area contributed by atoms with E-state index < -0.39 is 5.60 Å². The van der Waals surface area contributed by atoms with Gasteiger partial charge in [0.25, 0.3) is 5.91 Å². The Labute approximate surface area is 167 Å². The zero-order valence-electron chi connectivity index (χ0n) is 17.5. The molecule has 28 heavy (non-hydrogen) atoms. The lowest BCUT2D eigenvalue weighted by Crippen LogP contribution is -2.64. The third-order valence-corrected chi connectivity index (χ3v) is 6.30. The summed E-state index contributed by atoms with van der Waals surface area (Å²) in [6, 6.07) is 1.85. The average Bonchev–Trinajstić information content (AvgIpc) is 3.20. The van der Waals surface area contributed by atoms with Gasteiger partial charge in [0.15, 0.2) is 0 Å². The maximum atomic E-state index is 13.2. The third kappa shape index (κ3) is 4.10. The van der Waals surface area contributed by atoms with Crippen molar-refractivity contribution < 1.29 is 14.7 Å². The molecule has 1 aromatic heterocycles. The molecule has 3 N–H and O–H groups in total. The van der Waals surface area contributed by atoms with E-state index in [1.165, 1.54) is 0 Å². The Balaban J connectivity index is 1.77. The van der Waals surface area contributed by atoms with Crippen molar-refractivity contribution in [3.8, 4) is 0 Å². The Morgan fingerprint density at radius 3 is 2.82 bits per heavy atom. The number of nitrogens with zero attached hydrogens (tertiary/aromatic N) is 2. The van der Waals surface area contributed by atoms with Gasteiger partial charge in [-0.25, -0.2) is 0 Å². The first-order valence-corrected chi connectivity index (χ1v) is 10.3. The maximum absolute atomic E-state index is 13.2. The van der Waals surface area contributed by atoms with Gasteiger partial charge in [0, 0.05) is 31.5 Å². The molecule has 3 heterocycles. The Kier molecular flexibility index (Phi) is 5.87. The number of aromatic amines is 1. The number of rotatable bonds is 5. The molecule has 0 bridgehead atoms. The molecule has 0 saturated carbocycles. The van der Waals surface area contributed by atoms with Gasteiger partial charge in [-0.2, -0.15) is 0 Å². The zero-order valence-corrected chi connectivity index (χ0v) is 17.5. The summed E-state index contributed by atoms with van der Waals surface area (Å²) in [5.74, 6) is -0.0615. The minimum atomic E-state index is -1.03. The van der Waals surface area contributed by atoms with E-state index in [-0.39, 0.29) is 29.8 Å². The molecule has 7 heteroatoms. The summed E-state index contributed by atoms with van der Waals surface area (Å²) < 4.78 is 0. The summed E-state index contributed by atoms with van der Waals surface area (Å²) in [5.41, 5.74) is 0.453. The number of aliphatic hydroxyl groups is 1. The highest BCUT2D eigenvalue weighted by Gasteiger charge is 2.50. The van der Waals surface area contributed by atoms with Crippen molar-refractivity contribution in [3.63, 3.8) is 0 Å². The van der Waals surface area contributed by atoms with Crippen molar-refractivity contribution in [1.82, 2.24) is 20.1 Å². The standard InChI is InChI=1S/C21H34N4O3/c1-5-16-15(7-10-22-16)19(27)25-11-6-9-21(14-25)17(8-12-24(21)4)23-18(26)13-20(2,3)28/h7,10,17,22,28H,5-6,8-9,11-14H2,1-4H3,(H,23,26). The molecule has 0 radical (unpaired) electrons. The first-order valence-electron chi connectivity index (χ1n) is 10.3. The molecular formula is C21H34N4O3. The number of carbonyl (C=O) groups is 2. The highest BCUT2D eigenvalue weighted by Crippen LogP contribution is 2.37. The maximum Gasteiger partial charge on any atom is 0.255 e. The number of aromatic nitrogens is 1. The van der Waals surface area contributed by atoms with E-state index >= 15 is 0 Å². The summed E-state index contributed by atoms with van der Waals surface area (Å²) in [6.45, 7) is 7.58. The normalized spacial score (nSPS) is 26.0. The predicted molar refractivity (Wildman–Crippen MR) is 108 cm³/mol. The Hall–Kier alpha value is -1.86. The molecule has 1 aromatic rings. The van der Waals surface area contributed by atoms with Crippen LogP contribution in [0.4, 0.5) is 0 Å². The molecule has 2 aliphatic heterocycles. The lowest BCUT2D eigenvalue weighted by Gasteiger charge is -2.48. The quantitative estimate of drug-likeness (QED) is 0.711. The fraction of sp³-hybridized carbons (Fsp3) is 0.714. The van der Waals surface area contributed by atoms with Crippen LogP contribution < -0.4 is 5.32 Å². The van der Waals surface area contributed by atoms with Gasteiger partial charge in [-0.1, -0.05) is 6.92 Å². The molecular weight excluding hydrogens is 356 g/mol. The van der Waals surface area contributed by atoms with Gasteiger partial charge in [-0.3, -0.25) is 14.5 Å². The molecule has 3 rings (SSSR count). The fourth-order valence-electron chi connectivity index (χ4n) is 4.83. The van der Waals surface area contributed by atoms with E-state index in [1.54, 1.807) is 13.8 Å². The molecule has 1 spiro atoms. The van der Waals surface area contributed by atoms with Crippen LogP contribution in [0.25, 0.3) is 0 Å². The fourth-order valence-corrected chi connectivity index (χ4v) is 4.83. The summed E-state index contributed by atoms with van der Waals surface area (Å²) >= 11 is 0. The lowest BCUT2D eigenvalue weighted by molar-refractivity contribution is -0.126. The molecule has 156 valence electrons. The number of H-pyrrole nitrogens is 1. The largest absolute Gasteiger partial charge is 0.390 e. The molecule has 2 unspecified atom stereocenters. The summed E-state index contributed by atoms with van der Waals surface area (Å²) in [7, 11) is 2.09. The van der Waals surface area contributed by atoms with Gasteiger partial charge in [-0.05, 0) is 52.6 Å². The summed E-state index contributed by atoms with van der Waals surface area (Å²) in [4.78, 5) is 33.0. The number of likely N-dealkylation sites (tertiary alicyclic amines) is 2. The first kappa shape index (κ1) is 20.9. The molecule has 7 nitrogen and oxygen atoms in total. The smallest absolute Gasteiger partial charge is 0.255 e. The number of hydrogen-bond acceptors (Lipinski definition) is 4. The third-order valence-electron chi connectivity index (χ3n) is 6.30. The molecule has 2 saturated heterocycles. The van der Waals surface area contributed by atoms with Crippen LogP contribution in [0.5, 0.6) is 0 Å². The molecule has 0 aliphatic carbocycles. The predicted octanol–water partition coefficient (Wildman–Crippen LogP) is 1.53. The molecule has 2 atom stereocenters. The highest BCUT2D eigenvalue weighted by atomic mass is 16.3. The van der Waals surface area contributed by atoms with Crippen molar-refractivity contribution in [3.05, 3.63) is 23.5 Å². The number of hydrogen-bond donors (Lipinski definition) is 3. The number of likely N-dealkylation sites (N-methyl/N-ethyl adjacent to an activating group) is 1. The van der Waals surface area contributed by atoms with E-state index in [0.717, 1.165) is 50.0 Å². The number of piperidine rings is 1. The van der Waals surface area contributed by atoms with Gasteiger partial charge < -0.3 is 20.3 Å². The van der Waals surface area contributed by atoms with Crippen LogP contribution >= 0.6 is 0 Å². The molecule has 2 fully saturated rings. The zero-order chi connectivity index (χ0) is 20.5. The van der Waals surface area contributed by atoms with Crippen LogP contribution in [0.15, 0.2) is 12.3 Å². The second kappa shape index (κ2) is 7.87. The van der Waals surface area contributed by atoms with Crippen molar-refractivity contribution in [2.45, 2.75) is 70.1 Å². The molecule has 2 aliphatic rings. The summed E-state index contributed by atoms with van der Waals surface area (Å²) in [5, 5.41) is 13.1. The van der Waals surface area contributed by atoms with Crippen LogP contribution in [0.2, 0.25) is 0 Å². The Bertz CT molecular complexity index is 723. The van der Waals surface area contributed by atoms with Gasteiger partial charge in [-0.15, -0.1) is 0 Å². The number of amides is 2. The van der Waals surface area contributed by atoms with Crippen molar-refractivity contribution in [1.29, 1.82) is 0 Å². The Morgan fingerprint density at radius 1 is 1.39 bits per heavy atom. The van der Waals surface area contributed by atoms with Crippen molar-refractivity contribution in [2.24, 2.45) is 0 Å². The van der Waals surface area contributed by atoms with Gasteiger partial charge >= 0.3 is 0 Å². The first-order chi connectivity index (χ1) is 13.2. The van der Waals surface area contributed by atoms with E-state index in [1.807, 2.05) is 24.1 Å². The second-order valence-corrected chi connectivity index (χ2v) is 8.98. The number of carbonyl (C=O) groups excluding carboxylic acids is 2. The van der Waals surface area contributed by atoms with Crippen LogP contribution in [-0.2, 0) is 11.2 Å². The van der Waals surface area contributed by atoms with Gasteiger partial charge in [0.1, 0.15) is 0 Å². The minimum absolute atomic E-state index is 0.0141. The van der Waals surface area contributed by atoms with Crippen LogP contribution in [0, 0.1) is 0 Å². The van der Waals surface area contributed by atoms with Crippen molar-refractivity contribution in [2.75, 3.05) is 26.7 Å². The SMILES string of the molecule is CCc1[nH]ccc1C(=O)N1CCCC2(C1)C(NC(=O)CC(C)(C)O)CCN2C. The van der Waals surface area contributed by atoms with E-state index in [4.69, 9.17) is 0 Å². The van der Waals surface area contributed by atoms with E-state index in [0.29, 0.717) is 6.54 Å². The number of nitrogens with one attached hydrogen (secondary N) is 2. The van der Waals surface area contributed by atoms with Gasteiger partial charge in [0.05, 0.1) is 29.2 Å². The van der Waals surface area contributed by atoms with Crippen LogP contribution in [-0.4, -0.2) is 75.6 Å². The average molecular weight is 391 g/mol. The van der Waals surface area contributed by atoms with E-state index in [9.17, 15) is 14.7 Å². The monoisotopic (exact) mass is 390 g/mol. The van der Waals surface area contributed by atoms with Crippen LogP contribution in [0.3, 0.4) is 0 Å². The number of aryl methyl sites for hydroxylation is 1. The highest BCUT2D eigenvalue weighted by molar-refractivity contribution is 5.95. The molecule has 0 aromatic carbocycles.